The average Bonchev–Trinajstić information content (AvgIpc) is 2.77. The monoisotopic (exact) mass is 338 g/mol. The van der Waals surface area contributed by atoms with Gasteiger partial charge >= 0.3 is 0 Å². The van der Waals surface area contributed by atoms with Crippen LogP contribution < -0.4 is 4.90 Å². The summed E-state index contributed by atoms with van der Waals surface area (Å²) in [7, 11) is -3.02. The van der Waals surface area contributed by atoms with Crippen LogP contribution in [-0.4, -0.2) is 42.3 Å². The van der Waals surface area contributed by atoms with Gasteiger partial charge in [-0.2, -0.15) is 4.99 Å². The van der Waals surface area contributed by atoms with Gasteiger partial charge in [0, 0.05) is 17.9 Å². The first kappa shape index (κ1) is 15.6. The third kappa shape index (κ3) is 2.92. The van der Waals surface area contributed by atoms with Gasteiger partial charge in [0.05, 0.1) is 17.5 Å². The summed E-state index contributed by atoms with van der Waals surface area (Å²) < 4.78 is 23.9. The molecule has 118 valence electrons. The summed E-state index contributed by atoms with van der Waals surface area (Å²) in [5.74, 6) is 0.00879. The molecule has 0 radical (unpaired) electrons. The van der Waals surface area contributed by atoms with Crippen molar-refractivity contribution in [3.05, 3.63) is 29.3 Å². The molecule has 0 unspecified atom stereocenters. The first-order chi connectivity index (χ1) is 10.2. The van der Waals surface area contributed by atoms with E-state index in [1.165, 1.54) is 18.7 Å². The van der Waals surface area contributed by atoms with Crippen molar-refractivity contribution in [3.63, 3.8) is 0 Å². The molecule has 2 atom stereocenters. The van der Waals surface area contributed by atoms with E-state index >= 15 is 0 Å². The number of carbonyl (C=O) groups is 1. The minimum Gasteiger partial charge on any atom is -0.316 e. The van der Waals surface area contributed by atoms with Gasteiger partial charge in [-0.1, -0.05) is 17.8 Å². The van der Waals surface area contributed by atoms with E-state index in [0.717, 1.165) is 16.8 Å². The zero-order valence-electron chi connectivity index (χ0n) is 12.7. The molecule has 0 aliphatic carbocycles. The molecule has 0 N–H and O–H groups in total. The molecule has 22 heavy (non-hydrogen) atoms. The van der Waals surface area contributed by atoms with Crippen molar-refractivity contribution in [3.8, 4) is 0 Å². The summed E-state index contributed by atoms with van der Waals surface area (Å²) in [5.41, 5.74) is 3.12. The number of rotatable bonds is 1. The van der Waals surface area contributed by atoms with Gasteiger partial charge in [0.15, 0.2) is 15.0 Å². The molecule has 2 saturated heterocycles. The van der Waals surface area contributed by atoms with Gasteiger partial charge in [-0.3, -0.25) is 4.79 Å². The van der Waals surface area contributed by atoms with Gasteiger partial charge in [0.2, 0.25) is 5.91 Å². The standard InChI is InChI=1S/C15H18N2O3S2/c1-9-4-10(2)6-12(5-9)17-13-7-22(19,20)8-14(13)21-15(17)16-11(3)18/h4-6,13-14H,7-8H2,1-3H3/t13-,14-/m0/s1. The van der Waals surface area contributed by atoms with E-state index in [9.17, 15) is 13.2 Å². The van der Waals surface area contributed by atoms with Crippen LogP contribution in [-0.2, 0) is 14.6 Å². The molecule has 2 heterocycles. The number of amidine groups is 1. The number of amides is 1. The molecule has 1 aromatic rings. The number of carbonyl (C=O) groups excluding carboxylic acids is 1. The highest BCUT2D eigenvalue weighted by molar-refractivity contribution is 8.16. The van der Waals surface area contributed by atoms with Crippen molar-refractivity contribution < 1.29 is 13.2 Å². The number of thioether (sulfide) groups is 1. The fourth-order valence-corrected chi connectivity index (χ4v) is 7.05. The normalized spacial score (nSPS) is 28.1. The Morgan fingerprint density at radius 2 is 1.86 bits per heavy atom. The lowest BCUT2D eigenvalue weighted by Crippen LogP contribution is -2.37. The maximum absolute atomic E-state index is 11.9. The number of fused-ring (bicyclic) bond motifs is 1. The number of sulfone groups is 1. The first-order valence-corrected chi connectivity index (χ1v) is 9.79. The fraction of sp³-hybridized carbons (Fsp3) is 0.467. The maximum Gasteiger partial charge on any atom is 0.244 e. The van der Waals surface area contributed by atoms with Crippen LogP contribution in [0.1, 0.15) is 18.1 Å². The summed E-state index contributed by atoms with van der Waals surface area (Å²) in [4.78, 5) is 17.4. The SMILES string of the molecule is CC(=O)N=C1S[C@H]2CS(=O)(=O)C[C@@H]2N1c1cc(C)cc(C)c1. The molecule has 0 aromatic heterocycles. The number of anilines is 1. The van der Waals surface area contributed by atoms with Crippen molar-refractivity contribution in [2.75, 3.05) is 16.4 Å². The van der Waals surface area contributed by atoms with Gasteiger partial charge in [-0.05, 0) is 37.1 Å². The highest BCUT2D eigenvalue weighted by atomic mass is 32.2. The summed E-state index contributed by atoms with van der Waals surface area (Å²) in [6.45, 7) is 5.42. The van der Waals surface area contributed by atoms with Gasteiger partial charge in [-0.15, -0.1) is 0 Å². The lowest BCUT2D eigenvalue weighted by Gasteiger charge is -2.25. The summed E-state index contributed by atoms with van der Waals surface area (Å²) in [6, 6.07) is 5.94. The number of aryl methyl sites for hydroxylation is 2. The van der Waals surface area contributed by atoms with Crippen LogP contribution in [0, 0.1) is 13.8 Å². The lowest BCUT2D eigenvalue weighted by atomic mass is 10.1. The minimum absolute atomic E-state index is 0.0519. The summed E-state index contributed by atoms with van der Waals surface area (Å²) >= 11 is 1.40. The number of hydrogen-bond donors (Lipinski definition) is 0. The maximum atomic E-state index is 11.9. The van der Waals surface area contributed by atoms with Gasteiger partial charge < -0.3 is 4.90 Å². The molecule has 1 amide bonds. The lowest BCUT2D eigenvalue weighted by molar-refractivity contribution is -0.115. The Hall–Kier alpha value is -1.34. The third-order valence-electron chi connectivity index (χ3n) is 3.80. The first-order valence-electron chi connectivity index (χ1n) is 7.09. The minimum atomic E-state index is -3.02. The van der Waals surface area contributed by atoms with Crippen molar-refractivity contribution in [1.29, 1.82) is 0 Å². The Morgan fingerprint density at radius 1 is 1.23 bits per heavy atom. The molecule has 5 nitrogen and oxygen atoms in total. The van der Waals surface area contributed by atoms with Crippen LogP contribution >= 0.6 is 11.8 Å². The second kappa shape index (κ2) is 5.38. The van der Waals surface area contributed by atoms with E-state index in [-0.39, 0.29) is 28.7 Å². The Kier molecular flexibility index (Phi) is 3.81. The topological polar surface area (TPSA) is 66.8 Å². The molecule has 2 aliphatic rings. The van der Waals surface area contributed by atoms with Crippen LogP contribution in [0.5, 0.6) is 0 Å². The Labute approximate surface area is 134 Å². The molecule has 3 rings (SSSR count). The average molecular weight is 338 g/mol. The zero-order chi connectivity index (χ0) is 16.1. The fourth-order valence-electron chi connectivity index (χ4n) is 3.09. The molecule has 2 aliphatic heterocycles. The van der Waals surface area contributed by atoms with E-state index in [4.69, 9.17) is 0 Å². The number of benzene rings is 1. The van der Waals surface area contributed by atoms with Crippen molar-refractivity contribution in [2.24, 2.45) is 4.99 Å². The van der Waals surface area contributed by atoms with Crippen LogP contribution in [0.4, 0.5) is 5.69 Å². The highest BCUT2D eigenvalue weighted by Crippen LogP contribution is 2.41. The molecular formula is C15H18N2O3S2. The molecule has 1 aromatic carbocycles. The predicted molar refractivity (Wildman–Crippen MR) is 90.3 cm³/mol. The number of hydrogen-bond acceptors (Lipinski definition) is 4. The smallest absolute Gasteiger partial charge is 0.244 e. The van der Waals surface area contributed by atoms with Gasteiger partial charge in [0.25, 0.3) is 0 Å². The van der Waals surface area contributed by atoms with Crippen molar-refractivity contribution in [1.82, 2.24) is 0 Å². The predicted octanol–water partition coefficient (Wildman–Crippen LogP) is 1.92. The van der Waals surface area contributed by atoms with E-state index in [1.807, 2.05) is 30.9 Å². The van der Waals surface area contributed by atoms with Gasteiger partial charge in [0.1, 0.15) is 0 Å². The number of nitrogens with zero attached hydrogens (tertiary/aromatic N) is 2. The van der Waals surface area contributed by atoms with Crippen molar-refractivity contribution >= 4 is 38.4 Å². The van der Waals surface area contributed by atoms with Crippen molar-refractivity contribution in [2.45, 2.75) is 32.1 Å². The van der Waals surface area contributed by atoms with Crippen LogP contribution in [0.15, 0.2) is 23.2 Å². The van der Waals surface area contributed by atoms with Crippen LogP contribution in [0.25, 0.3) is 0 Å². The van der Waals surface area contributed by atoms with E-state index in [0.29, 0.717) is 5.17 Å². The van der Waals surface area contributed by atoms with Crippen LogP contribution in [0.3, 0.4) is 0 Å². The summed E-state index contributed by atoms with van der Waals surface area (Å²) in [6.07, 6.45) is 0. The molecule has 0 spiro atoms. The molecule has 2 fully saturated rings. The third-order valence-corrected chi connectivity index (χ3v) is 7.01. The Morgan fingerprint density at radius 3 is 2.45 bits per heavy atom. The van der Waals surface area contributed by atoms with Gasteiger partial charge in [-0.25, -0.2) is 8.42 Å². The highest BCUT2D eigenvalue weighted by Gasteiger charge is 2.49. The van der Waals surface area contributed by atoms with E-state index in [2.05, 4.69) is 11.1 Å². The molecule has 0 saturated carbocycles. The molecule has 7 heteroatoms. The Bertz CT molecular complexity index is 751. The largest absolute Gasteiger partial charge is 0.316 e. The number of aliphatic imine (C=N–C) groups is 1. The van der Waals surface area contributed by atoms with Crippen LogP contribution in [0.2, 0.25) is 0 Å². The summed E-state index contributed by atoms with van der Waals surface area (Å²) in [5, 5.41) is 0.561. The van der Waals surface area contributed by atoms with E-state index in [1.54, 1.807) is 0 Å². The Balaban J connectivity index is 2.08. The zero-order valence-corrected chi connectivity index (χ0v) is 14.4. The quantitative estimate of drug-likeness (QED) is 0.783. The molecular weight excluding hydrogens is 320 g/mol. The molecule has 0 bridgehead atoms. The van der Waals surface area contributed by atoms with E-state index < -0.39 is 9.84 Å². The second-order valence-corrected chi connectivity index (χ2v) is 9.29. The second-order valence-electron chi connectivity index (χ2n) is 5.93.